The molecule has 112 valence electrons. The number of rotatable bonds is 7. The Kier molecular flexibility index (Phi) is 5.11. The van der Waals surface area contributed by atoms with Crippen molar-refractivity contribution in [3.05, 3.63) is 42.4 Å². The summed E-state index contributed by atoms with van der Waals surface area (Å²) in [5.74, 6) is 0.541. The highest BCUT2D eigenvalue weighted by Crippen LogP contribution is 2.21. The number of hydrogen-bond acceptors (Lipinski definition) is 4. The van der Waals surface area contributed by atoms with E-state index in [0.717, 1.165) is 17.9 Å². The first kappa shape index (κ1) is 15.3. The van der Waals surface area contributed by atoms with Crippen molar-refractivity contribution in [2.24, 2.45) is 0 Å². The van der Waals surface area contributed by atoms with Gasteiger partial charge in [-0.2, -0.15) is 0 Å². The molecule has 2 aromatic rings. The van der Waals surface area contributed by atoms with Gasteiger partial charge < -0.3 is 9.52 Å². The lowest BCUT2D eigenvalue weighted by Crippen LogP contribution is -2.34. The molecule has 0 saturated carbocycles. The number of aromatic nitrogens is 1. The minimum atomic E-state index is -0.793. The summed E-state index contributed by atoms with van der Waals surface area (Å²) in [4.78, 5) is 17.1. The molecule has 1 aromatic carbocycles. The van der Waals surface area contributed by atoms with Crippen LogP contribution in [-0.2, 0) is 11.3 Å². The molecule has 0 bridgehead atoms. The first-order chi connectivity index (χ1) is 10.1. The maximum atomic E-state index is 10.8. The summed E-state index contributed by atoms with van der Waals surface area (Å²) in [7, 11) is 0. The van der Waals surface area contributed by atoms with Crippen LogP contribution in [0, 0.1) is 0 Å². The Morgan fingerprint density at radius 3 is 2.71 bits per heavy atom. The maximum Gasteiger partial charge on any atom is 0.304 e. The Labute approximate surface area is 124 Å². The lowest BCUT2D eigenvalue weighted by Gasteiger charge is -2.25. The van der Waals surface area contributed by atoms with Crippen molar-refractivity contribution in [1.82, 2.24) is 9.88 Å². The number of aliphatic carboxylic acids is 1. The van der Waals surface area contributed by atoms with Gasteiger partial charge in [-0.05, 0) is 13.5 Å². The van der Waals surface area contributed by atoms with Crippen LogP contribution in [0.4, 0.5) is 0 Å². The van der Waals surface area contributed by atoms with Gasteiger partial charge in [0.25, 0.3) is 0 Å². The lowest BCUT2D eigenvalue weighted by molar-refractivity contribution is -0.138. The molecule has 0 aliphatic rings. The maximum absolute atomic E-state index is 10.8. The number of hydrogen-bond donors (Lipinski definition) is 1. The quantitative estimate of drug-likeness (QED) is 0.848. The number of carboxylic acid groups (broad SMARTS) is 1. The highest BCUT2D eigenvalue weighted by Gasteiger charge is 2.18. The Hall–Kier alpha value is -2.14. The van der Waals surface area contributed by atoms with Crippen LogP contribution in [0.3, 0.4) is 0 Å². The number of nitrogens with zero attached hydrogens (tertiary/aromatic N) is 2. The van der Waals surface area contributed by atoms with Crippen LogP contribution < -0.4 is 0 Å². The lowest BCUT2D eigenvalue weighted by atomic mass is 10.2. The van der Waals surface area contributed by atoms with Gasteiger partial charge in [0.15, 0.2) is 5.76 Å². The molecule has 2 rings (SSSR count). The van der Waals surface area contributed by atoms with Gasteiger partial charge in [0, 0.05) is 11.6 Å². The van der Waals surface area contributed by atoms with E-state index in [-0.39, 0.29) is 12.5 Å². The second-order valence-electron chi connectivity index (χ2n) is 4.99. The molecule has 1 N–H and O–H groups in total. The average molecular weight is 288 g/mol. The molecule has 0 amide bonds. The number of carbonyl (C=O) groups is 1. The average Bonchev–Trinajstić information content (AvgIpc) is 2.93. The second kappa shape index (κ2) is 7.04. The van der Waals surface area contributed by atoms with Gasteiger partial charge in [0.05, 0.1) is 19.2 Å². The molecule has 5 nitrogen and oxygen atoms in total. The Morgan fingerprint density at radius 1 is 1.38 bits per heavy atom. The largest absolute Gasteiger partial charge is 0.481 e. The Balaban J connectivity index is 2.05. The Bertz CT molecular complexity index is 580. The van der Waals surface area contributed by atoms with E-state index in [1.54, 1.807) is 6.20 Å². The van der Waals surface area contributed by atoms with E-state index in [9.17, 15) is 4.79 Å². The molecule has 0 radical (unpaired) electrons. The SMILES string of the molecule is CCN(Cc1ncc(-c2ccccc2)o1)C(C)CC(=O)O. The van der Waals surface area contributed by atoms with Crippen LogP contribution in [0.5, 0.6) is 0 Å². The number of oxazole rings is 1. The van der Waals surface area contributed by atoms with Crippen molar-refractivity contribution < 1.29 is 14.3 Å². The fourth-order valence-electron chi connectivity index (χ4n) is 2.25. The standard InChI is InChI=1S/C16H20N2O3/c1-3-18(12(2)9-16(19)20)11-15-17-10-14(21-15)13-7-5-4-6-8-13/h4-8,10,12H,3,9,11H2,1-2H3,(H,19,20). The van der Waals surface area contributed by atoms with Crippen molar-refractivity contribution in [3.63, 3.8) is 0 Å². The summed E-state index contributed by atoms with van der Waals surface area (Å²) in [6, 6.07) is 9.73. The van der Waals surface area contributed by atoms with E-state index >= 15 is 0 Å². The van der Waals surface area contributed by atoms with Crippen LogP contribution >= 0.6 is 0 Å². The van der Waals surface area contributed by atoms with Crippen LogP contribution in [0.15, 0.2) is 40.9 Å². The highest BCUT2D eigenvalue weighted by atomic mass is 16.4. The molecule has 1 unspecified atom stereocenters. The zero-order chi connectivity index (χ0) is 15.2. The van der Waals surface area contributed by atoms with E-state index in [4.69, 9.17) is 9.52 Å². The third kappa shape index (κ3) is 4.16. The summed E-state index contributed by atoms with van der Waals surface area (Å²) in [6.07, 6.45) is 1.82. The molecule has 1 aromatic heterocycles. The van der Waals surface area contributed by atoms with E-state index in [1.165, 1.54) is 0 Å². The van der Waals surface area contributed by atoms with E-state index in [2.05, 4.69) is 4.98 Å². The van der Waals surface area contributed by atoms with Crippen molar-refractivity contribution in [2.75, 3.05) is 6.54 Å². The topological polar surface area (TPSA) is 66.6 Å². The van der Waals surface area contributed by atoms with E-state index in [0.29, 0.717) is 12.4 Å². The van der Waals surface area contributed by atoms with Gasteiger partial charge in [-0.1, -0.05) is 37.3 Å². The second-order valence-corrected chi connectivity index (χ2v) is 4.99. The van der Waals surface area contributed by atoms with Gasteiger partial charge in [-0.25, -0.2) is 4.98 Å². The normalized spacial score (nSPS) is 12.5. The van der Waals surface area contributed by atoms with Gasteiger partial charge in [0.1, 0.15) is 0 Å². The van der Waals surface area contributed by atoms with Crippen molar-refractivity contribution in [3.8, 4) is 11.3 Å². The van der Waals surface area contributed by atoms with Crippen molar-refractivity contribution in [2.45, 2.75) is 32.9 Å². The molecule has 0 aliphatic heterocycles. The predicted octanol–water partition coefficient (Wildman–Crippen LogP) is 3.03. The molecule has 1 heterocycles. The third-order valence-electron chi connectivity index (χ3n) is 3.45. The van der Waals surface area contributed by atoms with Gasteiger partial charge in [0.2, 0.25) is 5.89 Å². The van der Waals surface area contributed by atoms with Gasteiger partial charge >= 0.3 is 5.97 Å². The smallest absolute Gasteiger partial charge is 0.304 e. The van der Waals surface area contributed by atoms with E-state index in [1.807, 2.05) is 49.1 Å². The zero-order valence-corrected chi connectivity index (χ0v) is 12.3. The minimum Gasteiger partial charge on any atom is -0.481 e. The van der Waals surface area contributed by atoms with Crippen LogP contribution in [0.1, 0.15) is 26.2 Å². The third-order valence-corrected chi connectivity index (χ3v) is 3.45. The molecule has 5 heteroatoms. The predicted molar refractivity (Wildman–Crippen MR) is 79.7 cm³/mol. The van der Waals surface area contributed by atoms with E-state index < -0.39 is 5.97 Å². The fourth-order valence-corrected chi connectivity index (χ4v) is 2.25. The molecule has 0 spiro atoms. The summed E-state index contributed by atoms with van der Waals surface area (Å²) < 4.78 is 5.76. The summed E-state index contributed by atoms with van der Waals surface area (Å²) in [6.45, 7) is 5.16. The summed E-state index contributed by atoms with van der Waals surface area (Å²) >= 11 is 0. The molecule has 0 fully saturated rings. The molecular weight excluding hydrogens is 268 g/mol. The molecule has 1 atom stereocenters. The van der Waals surface area contributed by atoms with Gasteiger partial charge in [-0.3, -0.25) is 9.69 Å². The zero-order valence-electron chi connectivity index (χ0n) is 12.3. The first-order valence-corrected chi connectivity index (χ1v) is 7.06. The molecule has 0 saturated heterocycles. The summed E-state index contributed by atoms with van der Waals surface area (Å²) in [5, 5.41) is 8.88. The number of benzene rings is 1. The molecule has 21 heavy (non-hydrogen) atoms. The highest BCUT2D eigenvalue weighted by molar-refractivity contribution is 5.67. The Morgan fingerprint density at radius 2 is 2.10 bits per heavy atom. The van der Waals surface area contributed by atoms with Crippen LogP contribution in [0.25, 0.3) is 11.3 Å². The fraction of sp³-hybridized carbons (Fsp3) is 0.375. The summed E-state index contributed by atoms with van der Waals surface area (Å²) in [5.41, 5.74) is 0.984. The minimum absolute atomic E-state index is 0.0559. The van der Waals surface area contributed by atoms with Crippen LogP contribution in [0.2, 0.25) is 0 Å². The monoisotopic (exact) mass is 288 g/mol. The van der Waals surface area contributed by atoms with Crippen molar-refractivity contribution >= 4 is 5.97 Å². The van der Waals surface area contributed by atoms with Crippen LogP contribution in [-0.4, -0.2) is 33.5 Å². The van der Waals surface area contributed by atoms with Crippen molar-refractivity contribution in [1.29, 1.82) is 0 Å². The molecule has 0 aliphatic carbocycles. The number of carboxylic acids is 1. The first-order valence-electron chi connectivity index (χ1n) is 7.06. The molecular formula is C16H20N2O3. The van der Waals surface area contributed by atoms with Gasteiger partial charge in [-0.15, -0.1) is 0 Å².